The van der Waals surface area contributed by atoms with Crippen LogP contribution in [0.25, 0.3) is 0 Å². The number of methoxy groups -OCH3 is 1. The zero-order valence-electron chi connectivity index (χ0n) is 11.2. The summed E-state index contributed by atoms with van der Waals surface area (Å²) in [5, 5.41) is 0. The molecule has 0 aromatic heterocycles. The van der Waals surface area contributed by atoms with Crippen LogP contribution < -0.4 is 0 Å². The zero-order valence-corrected chi connectivity index (χ0v) is 11.2. The molecule has 0 unspecified atom stereocenters. The van der Waals surface area contributed by atoms with Gasteiger partial charge in [0.1, 0.15) is 0 Å². The minimum Gasteiger partial charge on any atom is -0.469 e. The molecule has 0 saturated carbocycles. The first kappa shape index (κ1) is 14.2. The van der Waals surface area contributed by atoms with Crippen molar-refractivity contribution < 1.29 is 9.53 Å². The van der Waals surface area contributed by atoms with Crippen LogP contribution in [0.1, 0.15) is 32.1 Å². The van der Waals surface area contributed by atoms with Crippen molar-refractivity contribution in [2.24, 2.45) is 11.8 Å². The molecule has 0 aromatic carbocycles. The Kier molecular flexibility index (Phi) is 6.27. The van der Waals surface area contributed by atoms with Crippen LogP contribution in [0.2, 0.25) is 0 Å². The summed E-state index contributed by atoms with van der Waals surface area (Å²) >= 11 is 0. The number of carbonyl (C=O) groups excluding carboxylic acids is 1. The topological polar surface area (TPSA) is 29.5 Å². The fraction of sp³-hybridized carbons (Fsp3) is 0.786. The molecule has 3 nitrogen and oxygen atoms in total. The summed E-state index contributed by atoms with van der Waals surface area (Å²) in [6.07, 6.45) is 7.67. The van der Waals surface area contributed by atoms with E-state index in [1.165, 1.54) is 20.0 Å². The SMILES string of the molecule is C=CCCCC[C@@H]1CCN(C)C[C@@H]1C(=O)OC. The molecular formula is C14H25NO2. The molecule has 17 heavy (non-hydrogen) atoms. The van der Waals surface area contributed by atoms with Crippen molar-refractivity contribution >= 4 is 5.97 Å². The second kappa shape index (κ2) is 7.49. The number of hydrogen-bond acceptors (Lipinski definition) is 3. The Morgan fingerprint density at radius 2 is 2.29 bits per heavy atom. The lowest BCUT2D eigenvalue weighted by atomic mass is 9.82. The molecule has 0 spiro atoms. The molecule has 1 aliphatic rings. The Labute approximate surface area is 105 Å². The van der Waals surface area contributed by atoms with Crippen LogP contribution in [0.3, 0.4) is 0 Å². The number of likely N-dealkylation sites (tertiary alicyclic amines) is 1. The third-order valence-corrected chi connectivity index (χ3v) is 3.70. The fourth-order valence-corrected chi connectivity index (χ4v) is 2.62. The van der Waals surface area contributed by atoms with Gasteiger partial charge in [0.25, 0.3) is 0 Å². The molecule has 1 heterocycles. The lowest BCUT2D eigenvalue weighted by Crippen LogP contribution is -2.42. The van der Waals surface area contributed by atoms with Gasteiger partial charge < -0.3 is 9.64 Å². The van der Waals surface area contributed by atoms with Crippen molar-refractivity contribution in [3.8, 4) is 0 Å². The summed E-state index contributed by atoms with van der Waals surface area (Å²) in [6, 6.07) is 0. The molecule has 1 rings (SSSR count). The molecule has 0 bridgehead atoms. The van der Waals surface area contributed by atoms with E-state index in [2.05, 4.69) is 18.5 Å². The molecule has 1 fully saturated rings. The van der Waals surface area contributed by atoms with Gasteiger partial charge in [-0.1, -0.05) is 12.5 Å². The summed E-state index contributed by atoms with van der Waals surface area (Å²) in [5.41, 5.74) is 0. The van der Waals surface area contributed by atoms with E-state index in [1.807, 2.05) is 6.08 Å². The van der Waals surface area contributed by atoms with E-state index < -0.39 is 0 Å². The van der Waals surface area contributed by atoms with E-state index >= 15 is 0 Å². The average Bonchev–Trinajstić information content (AvgIpc) is 2.35. The van der Waals surface area contributed by atoms with Crippen LogP contribution in [-0.4, -0.2) is 38.1 Å². The van der Waals surface area contributed by atoms with Gasteiger partial charge in [-0.25, -0.2) is 0 Å². The van der Waals surface area contributed by atoms with Crippen LogP contribution in [0.5, 0.6) is 0 Å². The fourth-order valence-electron chi connectivity index (χ4n) is 2.62. The molecule has 3 heteroatoms. The summed E-state index contributed by atoms with van der Waals surface area (Å²) in [6.45, 7) is 5.67. The number of hydrogen-bond donors (Lipinski definition) is 0. The number of allylic oxidation sites excluding steroid dienone is 1. The minimum absolute atomic E-state index is 0.0368. The lowest BCUT2D eigenvalue weighted by Gasteiger charge is -2.35. The van der Waals surface area contributed by atoms with Gasteiger partial charge in [-0.3, -0.25) is 4.79 Å². The van der Waals surface area contributed by atoms with Gasteiger partial charge in [0.2, 0.25) is 0 Å². The van der Waals surface area contributed by atoms with E-state index in [0.717, 1.165) is 32.4 Å². The second-order valence-electron chi connectivity index (χ2n) is 5.01. The van der Waals surface area contributed by atoms with Crippen molar-refractivity contribution in [3.05, 3.63) is 12.7 Å². The summed E-state index contributed by atoms with van der Waals surface area (Å²) < 4.78 is 4.91. The first-order valence-electron chi connectivity index (χ1n) is 6.56. The van der Waals surface area contributed by atoms with Gasteiger partial charge in [-0.05, 0) is 45.2 Å². The third-order valence-electron chi connectivity index (χ3n) is 3.70. The highest BCUT2D eigenvalue weighted by molar-refractivity contribution is 5.73. The number of piperidine rings is 1. The van der Waals surface area contributed by atoms with Crippen LogP contribution in [-0.2, 0) is 9.53 Å². The minimum atomic E-state index is -0.0368. The number of nitrogens with zero attached hydrogens (tertiary/aromatic N) is 1. The van der Waals surface area contributed by atoms with Gasteiger partial charge >= 0.3 is 5.97 Å². The summed E-state index contributed by atoms with van der Waals surface area (Å²) in [5.74, 6) is 0.538. The number of unbranched alkanes of at least 4 members (excludes halogenated alkanes) is 2. The molecule has 98 valence electrons. The first-order chi connectivity index (χ1) is 8.19. The van der Waals surface area contributed by atoms with Crippen LogP contribution in [0, 0.1) is 11.8 Å². The summed E-state index contributed by atoms with van der Waals surface area (Å²) in [7, 11) is 3.57. The smallest absolute Gasteiger partial charge is 0.310 e. The number of ether oxygens (including phenoxy) is 1. The Morgan fingerprint density at radius 1 is 1.53 bits per heavy atom. The Hall–Kier alpha value is -0.830. The highest BCUT2D eigenvalue weighted by Crippen LogP contribution is 2.28. The number of esters is 1. The predicted molar refractivity (Wildman–Crippen MR) is 69.8 cm³/mol. The van der Waals surface area contributed by atoms with Crippen LogP contribution in [0.15, 0.2) is 12.7 Å². The van der Waals surface area contributed by atoms with Gasteiger partial charge in [-0.2, -0.15) is 0 Å². The largest absolute Gasteiger partial charge is 0.469 e. The Bertz CT molecular complexity index is 253. The van der Waals surface area contributed by atoms with E-state index in [4.69, 9.17) is 4.74 Å². The monoisotopic (exact) mass is 239 g/mol. The van der Waals surface area contributed by atoms with E-state index in [-0.39, 0.29) is 11.9 Å². The van der Waals surface area contributed by atoms with Gasteiger partial charge in [-0.15, -0.1) is 6.58 Å². The molecule has 1 aliphatic heterocycles. The molecule has 1 saturated heterocycles. The van der Waals surface area contributed by atoms with E-state index in [0.29, 0.717) is 5.92 Å². The molecular weight excluding hydrogens is 214 g/mol. The summed E-state index contributed by atoms with van der Waals surface area (Å²) in [4.78, 5) is 14.0. The molecule has 0 aliphatic carbocycles. The Morgan fingerprint density at radius 3 is 2.94 bits per heavy atom. The van der Waals surface area contributed by atoms with Gasteiger partial charge in [0.05, 0.1) is 13.0 Å². The zero-order chi connectivity index (χ0) is 12.7. The second-order valence-corrected chi connectivity index (χ2v) is 5.01. The molecule has 2 atom stereocenters. The molecule has 0 aromatic rings. The highest BCUT2D eigenvalue weighted by Gasteiger charge is 2.33. The van der Waals surface area contributed by atoms with Crippen LogP contribution >= 0.6 is 0 Å². The highest BCUT2D eigenvalue weighted by atomic mass is 16.5. The molecule has 0 N–H and O–H groups in total. The van der Waals surface area contributed by atoms with E-state index in [1.54, 1.807) is 0 Å². The molecule has 0 radical (unpaired) electrons. The molecule has 0 amide bonds. The normalized spacial score (nSPS) is 25.5. The van der Waals surface area contributed by atoms with Crippen molar-refractivity contribution in [2.45, 2.75) is 32.1 Å². The Balaban J connectivity index is 2.43. The maximum Gasteiger partial charge on any atom is 0.310 e. The maximum absolute atomic E-state index is 11.7. The quantitative estimate of drug-likeness (QED) is 0.405. The van der Waals surface area contributed by atoms with Crippen LogP contribution in [0.4, 0.5) is 0 Å². The van der Waals surface area contributed by atoms with Gasteiger partial charge in [0, 0.05) is 6.54 Å². The predicted octanol–water partition coefficient (Wildman–Crippen LogP) is 2.47. The number of rotatable bonds is 6. The van der Waals surface area contributed by atoms with Crippen molar-refractivity contribution in [2.75, 3.05) is 27.2 Å². The number of carbonyl (C=O) groups is 1. The first-order valence-corrected chi connectivity index (χ1v) is 6.56. The van der Waals surface area contributed by atoms with Gasteiger partial charge in [0.15, 0.2) is 0 Å². The maximum atomic E-state index is 11.7. The van der Waals surface area contributed by atoms with Crippen molar-refractivity contribution in [1.82, 2.24) is 4.90 Å². The van der Waals surface area contributed by atoms with E-state index in [9.17, 15) is 4.79 Å². The average molecular weight is 239 g/mol. The van der Waals surface area contributed by atoms with Crippen molar-refractivity contribution in [1.29, 1.82) is 0 Å². The van der Waals surface area contributed by atoms with Crippen molar-refractivity contribution in [3.63, 3.8) is 0 Å². The lowest BCUT2D eigenvalue weighted by molar-refractivity contribution is -0.149. The standard InChI is InChI=1S/C14H25NO2/c1-4-5-6-7-8-12-9-10-15(2)11-13(12)14(16)17-3/h4,12-13H,1,5-11H2,2-3H3/t12-,13+/m1/s1. The third kappa shape index (κ3) is 4.50.